The number of hydrogen-bond acceptors (Lipinski definition) is 12. The molecule has 0 unspecified atom stereocenters. The van der Waals surface area contributed by atoms with Crippen LogP contribution in [0.25, 0.3) is 0 Å². The molecule has 4 rings (SSSR count). The van der Waals surface area contributed by atoms with Crippen molar-refractivity contribution in [1.29, 1.82) is 0 Å². The lowest BCUT2D eigenvalue weighted by Crippen LogP contribution is -2.31. The fourth-order valence-corrected chi connectivity index (χ4v) is 7.05. The summed E-state index contributed by atoms with van der Waals surface area (Å²) in [6, 6.07) is 7.23. The first-order valence-electron chi connectivity index (χ1n) is 13.3. The maximum atomic E-state index is 13.2. The maximum Gasteiger partial charge on any atom is 0.339 e. The van der Waals surface area contributed by atoms with Gasteiger partial charge in [-0.15, -0.1) is 0 Å². The first-order chi connectivity index (χ1) is 21.8. The normalized spacial score (nSPS) is 16.3. The van der Waals surface area contributed by atoms with Crippen molar-refractivity contribution in [3.63, 3.8) is 0 Å². The summed E-state index contributed by atoms with van der Waals surface area (Å²) in [7, 11) is 0. The molecule has 0 aromatic heterocycles. The van der Waals surface area contributed by atoms with Gasteiger partial charge in [-0.3, -0.25) is 29.0 Å². The molecule has 0 radical (unpaired) electrons. The minimum absolute atomic E-state index is 0.0155. The van der Waals surface area contributed by atoms with E-state index in [1.54, 1.807) is 0 Å². The summed E-state index contributed by atoms with van der Waals surface area (Å²) in [6.07, 6.45) is 0.408. The Morgan fingerprint density at radius 2 is 1.04 bits per heavy atom. The molecular formula is C28H24N4O10S4. The van der Waals surface area contributed by atoms with Crippen LogP contribution in [0.15, 0.2) is 46.2 Å². The number of nitrogens with zero attached hydrogens (tertiary/aromatic N) is 2. The largest absolute Gasteiger partial charge is 0.507 e. The number of rotatable bonds is 12. The van der Waals surface area contributed by atoms with Gasteiger partial charge in [-0.1, -0.05) is 48.0 Å². The zero-order chi connectivity index (χ0) is 33.7. The number of aromatic hydroxyl groups is 2. The van der Waals surface area contributed by atoms with Crippen molar-refractivity contribution in [3.8, 4) is 11.5 Å². The third-order valence-corrected chi connectivity index (χ3v) is 9.53. The summed E-state index contributed by atoms with van der Waals surface area (Å²) < 4.78 is 0.415. The van der Waals surface area contributed by atoms with Crippen molar-refractivity contribution >= 4 is 104 Å². The Kier molecular flexibility index (Phi) is 11.0. The summed E-state index contributed by atoms with van der Waals surface area (Å²) in [6.45, 7) is 0.189. The Balaban J connectivity index is 1.27. The molecule has 0 saturated carbocycles. The van der Waals surface area contributed by atoms with Crippen molar-refractivity contribution in [2.45, 2.75) is 25.7 Å². The van der Waals surface area contributed by atoms with Crippen LogP contribution in [0.5, 0.6) is 11.5 Å². The fraction of sp³-hybridized carbons (Fsp3) is 0.214. The minimum atomic E-state index is -1.31. The van der Waals surface area contributed by atoms with Crippen LogP contribution in [0.2, 0.25) is 0 Å². The molecule has 2 aromatic rings. The third-order valence-electron chi connectivity index (χ3n) is 6.50. The van der Waals surface area contributed by atoms with E-state index >= 15 is 0 Å². The Morgan fingerprint density at radius 1 is 0.674 bits per heavy atom. The highest BCUT2D eigenvalue weighted by Crippen LogP contribution is 2.42. The second kappa shape index (κ2) is 14.7. The molecule has 2 aliphatic rings. The molecule has 2 heterocycles. The zero-order valence-electron chi connectivity index (χ0n) is 23.5. The fourth-order valence-electron chi connectivity index (χ4n) is 4.28. The lowest BCUT2D eigenvalue weighted by molar-refractivity contribution is -0.124. The van der Waals surface area contributed by atoms with E-state index in [-0.39, 0.29) is 79.7 Å². The van der Waals surface area contributed by atoms with Gasteiger partial charge in [0, 0.05) is 49.4 Å². The molecule has 0 aliphatic carbocycles. The van der Waals surface area contributed by atoms with E-state index in [9.17, 15) is 39.0 Å². The van der Waals surface area contributed by atoms with Gasteiger partial charge in [-0.2, -0.15) is 0 Å². The molecule has 0 bridgehead atoms. The predicted molar refractivity (Wildman–Crippen MR) is 177 cm³/mol. The third kappa shape index (κ3) is 8.00. The van der Waals surface area contributed by atoms with E-state index in [2.05, 4.69) is 10.6 Å². The first kappa shape index (κ1) is 34.4. The molecule has 240 valence electrons. The minimum Gasteiger partial charge on any atom is -0.507 e. The topological polar surface area (TPSA) is 214 Å². The quantitative estimate of drug-likeness (QED) is 0.138. The van der Waals surface area contributed by atoms with Crippen molar-refractivity contribution in [2.24, 2.45) is 0 Å². The van der Waals surface area contributed by atoms with Crippen LogP contribution < -0.4 is 10.6 Å². The van der Waals surface area contributed by atoms with E-state index in [1.165, 1.54) is 21.9 Å². The van der Waals surface area contributed by atoms with Crippen molar-refractivity contribution in [1.82, 2.24) is 9.80 Å². The van der Waals surface area contributed by atoms with E-state index in [0.29, 0.717) is 0 Å². The standard InChI is InChI=1S/C28H24N4O10S4/c33-17-11-13(5-7-15(17)25(39)40)29-19(35)3-1-9-31-23(37)21(45-27(31)43)22-24(38)32(28(44)46-22)10-2-4-20(36)30-14-6-8-16(26(41)42)18(34)12-14/h5-8,11-12,33-34H,1-4,9-10H2,(H,29,35)(H,30,36)(H,39,40)(H,41,42)/b22-21+. The van der Waals surface area contributed by atoms with Crippen molar-refractivity contribution < 1.29 is 49.2 Å². The number of phenols is 2. The van der Waals surface area contributed by atoms with Crippen LogP contribution >= 0.6 is 48.0 Å². The summed E-state index contributed by atoms with van der Waals surface area (Å²) in [5.74, 6) is -5.48. The highest BCUT2D eigenvalue weighted by molar-refractivity contribution is 8.29. The number of carboxylic acids is 2. The molecule has 2 aromatic carbocycles. The molecule has 2 fully saturated rings. The summed E-state index contributed by atoms with van der Waals surface area (Å²) in [4.78, 5) is 75.9. The van der Waals surface area contributed by atoms with Crippen LogP contribution in [-0.4, -0.2) is 87.5 Å². The average molecular weight is 705 g/mol. The number of anilines is 2. The number of thioether (sulfide) groups is 2. The smallest absolute Gasteiger partial charge is 0.339 e. The second-order valence-electron chi connectivity index (χ2n) is 9.69. The molecule has 2 aliphatic heterocycles. The van der Waals surface area contributed by atoms with Crippen LogP contribution in [0.1, 0.15) is 46.4 Å². The predicted octanol–water partition coefficient (Wildman–Crippen LogP) is 3.56. The Labute approximate surface area is 279 Å². The molecule has 46 heavy (non-hydrogen) atoms. The SMILES string of the molecule is O=C(CCCN1C(=O)/C(=C2\SC(=S)N(CCCC(=O)Nc3ccc(C(=O)O)c(O)c3)C2=O)SC1=S)Nc1ccc(C(=O)O)c(O)c1. The number of carbonyl (C=O) groups excluding carboxylic acids is 4. The zero-order valence-corrected chi connectivity index (χ0v) is 26.7. The van der Waals surface area contributed by atoms with Gasteiger partial charge >= 0.3 is 11.9 Å². The van der Waals surface area contributed by atoms with Crippen LogP contribution in [0, 0.1) is 0 Å². The van der Waals surface area contributed by atoms with E-state index < -0.39 is 47.1 Å². The van der Waals surface area contributed by atoms with Gasteiger partial charge in [0.2, 0.25) is 11.8 Å². The van der Waals surface area contributed by atoms with Gasteiger partial charge < -0.3 is 31.1 Å². The Bertz CT molecular complexity index is 1600. The Hall–Kier alpha value is -4.52. The highest BCUT2D eigenvalue weighted by Gasteiger charge is 2.41. The van der Waals surface area contributed by atoms with Crippen LogP contribution in [0.3, 0.4) is 0 Å². The molecular weight excluding hydrogens is 681 g/mol. The number of thiocarbonyl (C=S) groups is 2. The van der Waals surface area contributed by atoms with Crippen molar-refractivity contribution in [3.05, 3.63) is 57.3 Å². The molecule has 2 saturated heterocycles. The molecule has 0 atom stereocenters. The van der Waals surface area contributed by atoms with Gasteiger partial charge in [0.15, 0.2) is 0 Å². The number of aromatic carboxylic acids is 2. The maximum absolute atomic E-state index is 13.2. The molecule has 18 heteroatoms. The lowest BCUT2D eigenvalue weighted by Gasteiger charge is -2.15. The lowest BCUT2D eigenvalue weighted by atomic mass is 10.1. The van der Waals surface area contributed by atoms with Gasteiger partial charge in [0.1, 0.15) is 31.3 Å². The number of benzene rings is 2. The Morgan fingerprint density at radius 3 is 1.37 bits per heavy atom. The number of hydrogen-bond donors (Lipinski definition) is 6. The summed E-state index contributed by atoms with van der Waals surface area (Å²) in [5, 5.41) is 42.7. The van der Waals surface area contributed by atoms with Crippen LogP contribution in [0.4, 0.5) is 11.4 Å². The van der Waals surface area contributed by atoms with Gasteiger partial charge in [-0.05, 0) is 37.1 Å². The molecule has 4 amide bonds. The number of amides is 4. The van der Waals surface area contributed by atoms with Crippen molar-refractivity contribution in [2.75, 3.05) is 23.7 Å². The first-order valence-corrected chi connectivity index (χ1v) is 15.8. The van der Waals surface area contributed by atoms with Crippen LogP contribution in [-0.2, 0) is 19.2 Å². The number of nitrogens with one attached hydrogen (secondary N) is 2. The second-order valence-corrected chi connectivity index (χ2v) is 13.0. The van der Waals surface area contributed by atoms with Gasteiger partial charge in [-0.25, -0.2) is 9.59 Å². The molecule has 0 spiro atoms. The number of carboxylic acid groups (broad SMARTS) is 2. The number of carbonyl (C=O) groups is 6. The van der Waals surface area contributed by atoms with Gasteiger partial charge in [0.05, 0.1) is 9.81 Å². The van der Waals surface area contributed by atoms with Gasteiger partial charge in [0.25, 0.3) is 11.8 Å². The monoisotopic (exact) mass is 704 g/mol. The summed E-state index contributed by atoms with van der Waals surface area (Å²) in [5.41, 5.74) is -0.210. The molecule has 6 N–H and O–H groups in total. The van der Waals surface area contributed by atoms with E-state index in [0.717, 1.165) is 47.8 Å². The summed E-state index contributed by atoms with van der Waals surface area (Å²) >= 11 is 12.6. The molecule has 14 nitrogen and oxygen atoms in total. The highest BCUT2D eigenvalue weighted by atomic mass is 32.2. The van der Waals surface area contributed by atoms with E-state index in [1.807, 2.05) is 0 Å². The average Bonchev–Trinajstić information content (AvgIpc) is 3.41. The van der Waals surface area contributed by atoms with E-state index in [4.69, 9.17) is 34.6 Å².